The van der Waals surface area contributed by atoms with Crippen LogP contribution in [-0.2, 0) is 11.2 Å². The number of nitro groups is 1. The summed E-state index contributed by atoms with van der Waals surface area (Å²) in [6.45, 7) is 0. The van der Waals surface area contributed by atoms with Crippen molar-refractivity contribution in [2.75, 3.05) is 0 Å². The van der Waals surface area contributed by atoms with Crippen molar-refractivity contribution in [3.63, 3.8) is 0 Å². The summed E-state index contributed by atoms with van der Waals surface area (Å²) in [6.07, 6.45) is 0.115. The predicted octanol–water partition coefficient (Wildman–Crippen LogP) is 4.90. The molecule has 0 aromatic heterocycles. The number of nitrogens with zero attached hydrogens (tertiary/aromatic N) is 1. The Morgan fingerprint density at radius 1 is 0.903 bits per heavy atom. The summed E-state index contributed by atoms with van der Waals surface area (Å²) in [6, 6.07) is 25.3. The summed E-state index contributed by atoms with van der Waals surface area (Å²) in [5, 5.41) is 27.0. The summed E-state index contributed by atoms with van der Waals surface area (Å²) >= 11 is 0. The maximum absolute atomic E-state index is 12.9. The molecule has 6 heteroatoms. The number of fused-ring (bicyclic) bond motifs is 1. The summed E-state index contributed by atoms with van der Waals surface area (Å²) in [7, 11) is 0. The zero-order valence-corrected chi connectivity index (χ0v) is 16.6. The molecule has 0 radical (unpaired) electrons. The van der Waals surface area contributed by atoms with E-state index in [1.165, 1.54) is 6.07 Å². The normalized spacial score (nSPS) is 11.7. The molecule has 4 rings (SSSR count). The second-order valence-corrected chi connectivity index (χ2v) is 7.20. The SMILES string of the molecule is O=C(Cc1ccccc1)NC(c1ccccc1[N+](=O)[O-])c1c(O)ccc2ccccc12. The molecular weight excluding hydrogens is 392 g/mol. The molecule has 154 valence electrons. The second kappa shape index (κ2) is 8.67. The smallest absolute Gasteiger partial charge is 0.275 e. The van der Waals surface area contributed by atoms with Gasteiger partial charge in [0.1, 0.15) is 5.75 Å². The molecule has 1 unspecified atom stereocenters. The number of hydrogen-bond donors (Lipinski definition) is 2. The Hall–Kier alpha value is -4.19. The number of carbonyl (C=O) groups excluding carboxylic acids is 1. The zero-order valence-electron chi connectivity index (χ0n) is 16.6. The van der Waals surface area contributed by atoms with Crippen LogP contribution in [0.5, 0.6) is 5.75 Å². The number of amides is 1. The van der Waals surface area contributed by atoms with Gasteiger partial charge in [-0.25, -0.2) is 0 Å². The average Bonchev–Trinajstić information content (AvgIpc) is 2.78. The summed E-state index contributed by atoms with van der Waals surface area (Å²) in [4.78, 5) is 24.2. The molecule has 1 amide bonds. The lowest BCUT2D eigenvalue weighted by molar-refractivity contribution is -0.385. The lowest BCUT2D eigenvalue weighted by Gasteiger charge is -2.22. The minimum Gasteiger partial charge on any atom is -0.508 e. The van der Waals surface area contributed by atoms with Gasteiger partial charge < -0.3 is 10.4 Å². The number of carbonyl (C=O) groups is 1. The first-order valence-electron chi connectivity index (χ1n) is 9.82. The van der Waals surface area contributed by atoms with Crippen molar-refractivity contribution in [3.05, 3.63) is 118 Å². The second-order valence-electron chi connectivity index (χ2n) is 7.20. The average molecular weight is 412 g/mol. The monoisotopic (exact) mass is 412 g/mol. The minimum atomic E-state index is -0.899. The Morgan fingerprint density at radius 2 is 1.58 bits per heavy atom. The zero-order chi connectivity index (χ0) is 21.8. The van der Waals surface area contributed by atoms with Gasteiger partial charge in [0.25, 0.3) is 5.69 Å². The number of benzene rings is 4. The van der Waals surface area contributed by atoms with Gasteiger partial charge in [0.05, 0.1) is 22.9 Å². The molecule has 0 aliphatic heterocycles. The molecule has 0 spiro atoms. The van der Waals surface area contributed by atoms with E-state index in [-0.39, 0.29) is 23.8 Å². The fraction of sp³-hybridized carbons (Fsp3) is 0.0800. The highest BCUT2D eigenvalue weighted by molar-refractivity contribution is 5.90. The quantitative estimate of drug-likeness (QED) is 0.348. The van der Waals surface area contributed by atoms with Crippen LogP contribution in [0.3, 0.4) is 0 Å². The molecule has 0 heterocycles. The predicted molar refractivity (Wildman–Crippen MR) is 119 cm³/mol. The van der Waals surface area contributed by atoms with Crippen molar-refractivity contribution in [1.29, 1.82) is 0 Å². The van der Waals surface area contributed by atoms with Crippen LogP contribution in [-0.4, -0.2) is 15.9 Å². The van der Waals surface area contributed by atoms with Crippen LogP contribution in [0.25, 0.3) is 10.8 Å². The van der Waals surface area contributed by atoms with E-state index in [1.807, 2.05) is 54.6 Å². The van der Waals surface area contributed by atoms with E-state index in [0.717, 1.165) is 10.9 Å². The third kappa shape index (κ3) is 4.23. The molecule has 1 atom stereocenters. The van der Waals surface area contributed by atoms with Gasteiger partial charge >= 0.3 is 0 Å². The first kappa shape index (κ1) is 20.1. The van der Waals surface area contributed by atoms with E-state index in [0.29, 0.717) is 16.5 Å². The van der Waals surface area contributed by atoms with E-state index in [2.05, 4.69) is 5.32 Å². The molecule has 4 aromatic carbocycles. The number of nitro benzene ring substituents is 1. The largest absolute Gasteiger partial charge is 0.508 e. The highest BCUT2D eigenvalue weighted by Crippen LogP contribution is 2.38. The van der Waals surface area contributed by atoms with Crippen molar-refractivity contribution >= 4 is 22.4 Å². The minimum absolute atomic E-state index is 0.0399. The summed E-state index contributed by atoms with van der Waals surface area (Å²) in [5.41, 5.74) is 1.43. The number of para-hydroxylation sites is 1. The van der Waals surface area contributed by atoms with Gasteiger partial charge in [-0.3, -0.25) is 14.9 Å². The first-order valence-corrected chi connectivity index (χ1v) is 9.82. The number of aromatic hydroxyl groups is 1. The van der Waals surface area contributed by atoms with Gasteiger partial charge in [0.2, 0.25) is 5.91 Å². The van der Waals surface area contributed by atoms with Crippen LogP contribution in [0, 0.1) is 10.1 Å². The van der Waals surface area contributed by atoms with Gasteiger partial charge in [0.15, 0.2) is 0 Å². The molecule has 0 fully saturated rings. The van der Waals surface area contributed by atoms with Crippen LogP contribution < -0.4 is 5.32 Å². The lowest BCUT2D eigenvalue weighted by atomic mass is 9.91. The van der Waals surface area contributed by atoms with Crippen LogP contribution in [0.15, 0.2) is 91.0 Å². The Morgan fingerprint density at radius 3 is 2.35 bits per heavy atom. The van der Waals surface area contributed by atoms with Crippen molar-refractivity contribution in [1.82, 2.24) is 5.32 Å². The molecular formula is C25H20N2O4. The number of nitrogens with one attached hydrogen (secondary N) is 1. The van der Waals surface area contributed by atoms with Crippen LogP contribution in [0.2, 0.25) is 0 Å². The van der Waals surface area contributed by atoms with Crippen molar-refractivity contribution in [3.8, 4) is 5.75 Å². The van der Waals surface area contributed by atoms with E-state index in [1.54, 1.807) is 30.3 Å². The van der Waals surface area contributed by atoms with E-state index in [9.17, 15) is 20.0 Å². The molecule has 2 N–H and O–H groups in total. The fourth-order valence-corrected chi connectivity index (χ4v) is 3.78. The molecule has 0 saturated heterocycles. The number of phenols is 1. The van der Waals surface area contributed by atoms with E-state index >= 15 is 0 Å². The van der Waals surface area contributed by atoms with Gasteiger partial charge in [-0.2, -0.15) is 0 Å². The summed E-state index contributed by atoms with van der Waals surface area (Å²) in [5.74, 6) is -0.344. The molecule has 0 saturated carbocycles. The lowest BCUT2D eigenvalue weighted by Crippen LogP contribution is -2.31. The van der Waals surface area contributed by atoms with Crippen LogP contribution in [0.4, 0.5) is 5.69 Å². The number of hydrogen-bond acceptors (Lipinski definition) is 4. The maximum atomic E-state index is 12.9. The van der Waals surface area contributed by atoms with Crippen molar-refractivity contribution in [2.45, 2.75) is 12.5 Å². The molecule has 6 nitrogen and oxygen atoms in total. The van der Waals surface area contributed by atoms with Crippen molar-refractivity contribution < 1.29 is 14.8 Å². The standard InChI is InChI=1S/C25H20N2O4/c28-22-15-14-18-10-4-5-11-19(18)24(22)25(20-12-6-7-13-21(20)27(30)31)26-23(29)16-17-8-2-1-3-9-17/h1-15,25,28H,16H2,(H,26,29). The Kier molecular flexibility index (Phi) is 5.62. The van der Waals surface area contributed by atoms with E-state index in [4.69, 9.17) is 0 Å². The topological polar surface area (TPSA) is 92.5 Å². The molecule has 0 aliphatic carbocycles. The van der Waals surface area contributed by atoms with Gasteiger partial charge in [-0.1, -0.05) is 72.8 Å². The summed E-state index contributed by atoms with van der Waals surface area (Å²) < 4.78 is 0. The Labute approximate surface area is 178 Å². The van der Waals surface area contributed by atoms with Crippen LogP contribution in [0.1, 0.15) is 22.7 Å². The fourth-order valence-electron chi connectivity index (χ4n) is 3.78. The molecule has 0 bridgehead atoms. The number of rotatable bonds is 6. The van der Waals surface area contributed by atoms with Crippen molar-refractivity contribution in [2.24, 2.45) is 0 Å². The highest BCUT2D eigenvalue weighted by Gasteiger charge is 2.28. The third-order valence-electron chi connectivity index (χ3n) is 5.19. The van der Waals surface area contributed by atoms with Gasteiger partial charge in [-0.05, 0) is 28.5 Å². The Bertz CT molecular complexity index is 1250. The maximum Gasteiger partial charge on any atom is 0.275 e. The molecule has 31 heavy (non-hydrogen) atoms. The first-order chi connectivity index (χ1) is 15.0. The molecule has 0 aliphatic rings. The van der Waals surface area contributed by atoms with E-state index < -0.39 is 11.0 Å². The molecule has 4 aromatic rings. The van der Waals surface area contributed by atoms with Gasteiger partial charge in [0, 0.05) is 11.6 Å². The highest BCUT2D eigenvalue weighted by atomic mass is 16.6. The van der Waals surface area contributed by atoms with Crippen LogP contribution >= 0.6 is 0 Å². The Balaban J connectivity index is 1.84. The van der Waals surface area contributed by atoms with Gasteiger partial charge in [-0.15, -0.1) is 0 Å². The third-order valence-corrected chi connectivity index (χ3v) is 5.19. The number of phenolic OH excluding ortho intramolecular Hbond substituents is 1.